The summed E-state index contributed by atoms with van der Waals surface area (Å²) in [5.74, 6) is 0. The molecule has 0 N–H and O–H groups in total. The van der Waals surface area contributed by atoms with Crippen LogP contribution in [0.3, 0.4) is 0 Å². The van der Waals surface area contributed by atoms with Gasteiger partial charge < -0.3 is 4.42 Å². The van der Waals surface area contributed by atoms with Gasteiger partial charge in [0.2, 0.25) is 0 Å². The second kappa shape index (κ2) is 6.04. The van der Waals surface area contributed by atoms with Crippen LogP contribution in [0.5, 0.6) is 0 Å². The number of aromatic nitrogens is 3. The highest BCUT2D eigenvalue weighted by Crippen LogP contribution is 2.44. The first-order chi connectivity index (χ1) is 13.8. The molecule has 0 amide bonds. The standard InChI is InChI=1S/C23H22N4O/c1-15-3-2-4-17(9-15)20-11-23-24-12-19-21-6-5-18(10-22(19)27(23)25-20)26(21)13-16-7-8-28-14-16/h2-4,7-9,11-12,14,18,21H,5-6,10,13H2,1H3. The predicted octanol–water partition coefficient (Wildman–Crippen LogP) is 4.56. The Morgan fingerprint density at radius 2 is 2.14 bits per heavy atom. The minimum absolute atomic E-state index is 0.423. The Balaban J connectivity index is 1.42. The van der Waals surface area contributed by atoms with Gasteiger partial charge in [0.1, 0.15) is 0 Å². The quantitative estimate of drug-likeness (QED) is 0.530. The number of benzene rings is 1. The lowest BCUT2D eigenvalue weighted by Crippen LogP contribution is -2.38. The Morgan fingerprint density at radius 1 is 1.18 bits per heavy atom. The van der Waals surface area contributed by atoms with E-state index in [4.69, 9.17) is 14.5 Å². The van der Waals surface area contributed by atoms with E-state index in [1.807, 2.05) is 6.26 Å². The van der Waals surface area contributed by atoms with Crippen LogP contribution >= 0.6 is 0 Å². The molecule has 0 aliphatic carbocycles. The second-order valence-corrected chi connectivity index (χ2v) is 8.08. The van der Waals surface area contributed by atoms with Crippen molar-refractivity contribution in [2.24, 2.45) is 0 Å². The van der Waals surface area contributed by atoms with E-state index in [1.54, 1.807) is 6.26 Å². The zero-order valence-corrected chi connectivity index (χ0v) is 15.9. The van der Waals surface area contributed by atoms with Crippen LogP contribution in [0, 0.1) is 6.92 Å². The van der Waals surface area contributed by atoms with Crippen molar-refractivity contribution in [2.75, 3.05) is 0 Å². The molecule has 1 fully saturated rings. The number of aryl methyl sites for hydroxylation is 1. The first-order valence-electron chi connectivity index (χ1n) is 9.98. The van der Waals surface area contributed by atoms with E-state index in [0.717, 1.165) is 29.9 Å². The molecule has 2 aliphatic rings. The van der Waals surface area contributed by atoms with Crippen LogP contribution in [0.4, 0.5) is 0 Å². The number of hydrogen-bond donors (Lipinski definition) is 0. The lowest BCUT2D eigenvalue weighted by molar-refractivity contribution is 0.165. The maximum atomic E-state index is 5.27. The third-order valence-corrected chi connectivity index (χ3v) is 6.31. The van der Waals surface area contributed by atoms with Gasteiger partial charge in [-0.25, -0.2) is 9.50 Å². The summed E-state index contributed by atoms with van der Waals surface area (Å²) in [4.78, 5) is 7.38. The first-order valence-corrected chi connectivity index (χ1v) is 9.98. The van der Waals surface area contributed by atoms with Crippen LogP contribution in [0.2, 0.25) is 0 Å². The van der Waals surface area contributed by atoms with Crippen molar-refractivity contribution in [3.05, 3.63) is 77.5 Å². The lowest BCUT2D eigenvalue weighted by Gasteiger charge is -2.35. The molecule has 5 nitrogen and oxygen atoms in total. The Morgan fingerprint density at radius 3 is 3.00 bits per heavy atom. The van der Waals surface area contributed by atoms with Crippen molar-refractivity contribution in [3.63, 3.8) is 0 Å². The van der Waals surface area contributed by atoms with E-state index in [2.05, 4.69) is 58.9 Å². The fourth-order valence-electron chi connectivity index (χ4n) is 4.97. The third kappa shape index (κ3) is 2.43. The zero-order chi connectivity index (χ0) is 18.7. The van der Waals surface area contributed by atoms with Crippen LogP contribution in [0.15, 0.2) is 59.5 Å². The van der Waals surface area contributed by atoms with Crippen molar-refractivity contribution < 1.29 is 4.42 Å². The van der Waals surface area contributed by atoms with E-state index < -0.39 is 0 Å². The fourth-order valence-corrected chi connectivity index (χ4v) is 4.97. The number of hydrogen-bond acceptors (Lipinski definition) is 4. The number of rotatable bonds is 3. The highest BCUT2D eigenvalue weighted by atomic mass is 16.3. The number of furan rings is 1. The molecule has 1 aromatic carbocycles. The Hall–Kier alpha value is -2.92. The molecule has 0 saturated carbocycles. The Kier molecular flexibility index (Phi) is 3.47. The number of nitrogens with zero attached hydrogens (tertiary/aromatic N) is 4. The number of fused-ring (bicyclic) bond motifs is 6. The molecule has 140 valence electrons. The Labute approximate surface area is 163 Å². The van der Waals surface area contributed by atoms with E-state index in [1.165, 1.54) is 35.2 Å². The van der Waals surface area contributed by atoms with Gasteiger partial charge in [0.25, 0.3) is 0 Å². The molecule has 0 radical (unpaired) electrons. The molecule has 6 rings (SSSR count). The van der Waals surface area contributed by atoms with E-state index >= 15 is 0 Å². The van der Waals surface area contributed by atoms with E-state index in [9.17, 15) is 0 Å². The van der Waals surface area contributed by atoms with Gasteiger partial charge in [-0.2, -0.15) is 5.10 Å². The van der Waals surface area contributed by atoms with Crippen LogP contribution in [0.1, 0.15) is 41.3 Å². The molecule has 0 spiro atoms. The van der Waals surface area contributed by atoms with Crippen LogP contribution in [0.25, 0.3) is 16.9 Å². The maximum Gasteiger partial charge on any atom is 0.155 e. The van der Waals surface area contributed by atoms with Gasteiger partial charge in [-0.15, -0.1) is 0 Å². The van der Waals surface area contributed by atoms with E-state index in [0.29, 0.717) is 12.1 Å². The second-order valence-electron chi connectivity index (χ2n) is 8.08. The molecule has 2 atom stereocenters. The zero-order valence-electron chi connectivity index (χ0n) is 15.9. The Bertz CT molecular complexity index is 1160. The SMILES string of the molecule is Cc1cccc(-c2cc3ncc4c(n3n2)CC2CCC4N2Cc2ccoc2)c1. The largest absolute Gasteiger partial charge is 0.472 e. The molecule has 4 aromatic rings. The van der Waals surface area contributed by atoms with Crippen LogP contribution in [-0.4, -0.2) is 25.5 Å². The van der Waals surface area contributed by atoms with Gasteiger partial charge in [0.05, 0.1) is 23.9 Å². The summed E-state index contributed by atoms with van der Waals surface area (Å²) in [6.07, 6.45) is 9.15. The average Bonchev–Trinajstić information content (AvgIpc) is 3.42. The molecule has 5 heteroatoms. The van der Waals surface area contributed by atoms with Crippen LogP contribution in [-0.2, 0) is 13.0 Å². The minimum atomic E-state index is 0.423. The van der Waals surface area contributed by atoms with Gasteiger partial charge in [-0.3, -0.25) is 4.90 Å². The first kappa shape index (κ1) is 16.1. The van der Waals surface area contributed by atoms with Gasteiger partial charge in [-0.05, 0) is 31.9 Å². The van der Waals surface area contributed by atoms with Crippen LogP contribution < -0.4 is 0 Å². The third-order valence-electron chi connectivity index (χ3n) is 6.31. The summed E-state index contributed by atoms with van der Waals surface area (Å²) < 4.78 is 7.36. The molecular weight excluding hydrogens is 348 g/mol. The summed E-state index contributed by atoms with van der Waals surface area (Å²) in [6, 6.07) is 13.7. The highest BCUT2D eigenvalue weighted by molar-refractivity contribution is 5.65. The minimum Gasteiger partial charge on any atom is -0.472 e. The van der Waals surface area contributed by atoms with E-state index in [-0.39, 0.29) is 0 Å². The van der Waals surface area contributed by atoms with Crippen molar-refractivity contribution in [3.8, 4) is 11.3 Å². The molecule has 2 bridgehead atoms. The van der Waals surface area contributed by atoms with Crippen molar-refractivity contribution in [1.82, 2.24) is 19.5 Å². The monoisotopic (exact) mass is 370 g/mol. The van der Waals surface area contributed by atoms with Gasteiger partial charge in [-0.1, -0.05) is 23.8 Å². The molecule has 28 heavy (non-hydrogen) atoms. The normalized spacial score (nSPS) is 21.3. The summed E-state index contributed by atoms with van der Waals surface area (Å²) in [6.45, 7) is 3.06. The van der Waals surface area contributed by atoms with Gasteiger partial charge in [0.15, 0.2) is 5.65 Å². The molecular formula is C23H22N4O. The summed E-state index contributed by atoms with van der Waals surface area (Å²) in [5, 5.41) is 4.96. The lowest BCUT2D eigenvalue weighted by atomic mass is 9.98. The predicted molar refractivity (Wildman–Crippen MR) is 107 cm³/mol. The smallest absolute Gasteiger partial charge is 0.155 e. The molecule has 5 heterocycles. The summed E-state index contributed by atoms with van der Waals surface area (Å²) in [7, 11) is 0. The molecule has 3 aromatic heterocycles. The molecule has 2 unspecified atom stereocenters. The molecule has 1 saturated heterocycles. The molecule has 2 aliphatic heterocycles. The summed E-state index contributed by atoms with van der Waals surface area (Å²) in [5.41, 5.74) is 8.26. The van der Waals surface area contributed by atoms with Gasteiger partial charge in [0, 0.05) is 54.0 Å². The van der Waals surface area contributed by atoms with Crippen molar-refractivity contribution in [1.29, 1.82) is 0 Å². The van der Waals surface area contributed by atoms with Crippen molar-refractivity contribution >= 4 is 5.65 Å². The average molecular weight is 370 g/mol. The summed E-state index contributed by atoms with van der Waals surface area (Å²) >= 11 is 0. The van der Waals surface area contributed by atoms with Gasteiger partial charge >= 0.3 is 0 Å². The maximum absolute atomic E-state index is 5.27. The van der Waals surface area contributed by atoms with Crippen molar-refractivity contribution in [2.45, 2.75) is 44.8 Å². The fraction of sp³-hybridized carbons (Fsp3) is 0.304. The highest BCUT2D eigenvalue weighted by Gasteiger charge is 2.41. The topological polar surface area (TPSA) is 46.6 Å².